The standard InChI is InChI=1S/C20H23N3O2/c24-19(22-16-10-6-3-7-11-16)15-12-13-21-18(14-15)20(25)23-17-8-4-1-2-5-9-17/h3,6-7,10-14,17H,1-2,4-5,8-9H2,(H,22,24)(H,23,25). The number of hydrogen-bond donors (Lipinski definition) is 2. The first-order valence-corrected chi connectivity index (χ1v) is 8.86. The molecule has 0 saturated heterocycles. The van der Waals surface area contributed by atoms with Crippen LogP contribution >= 0.6 is 0 Å². The van der Waals surface area contributed by atoms with Gasteiger partial charge in [0.15, 0.2) is 0 Å². The third kappa shape index (κ3) is 4.89. The van der Waals surface area contributed by atoms with Crippen LogP contribution in [-0.4, -0.2) is 22.8 Å². The Kier molecular flexibility index (Phi) is 5.77. The molecule has 130 valence electrons. The van der Waals surface area contributed by atoms with Crippen molar-refractivity contribution in [2.24, 2.45) is 0 Å². The van der Waals surface area contributed by atoms with Crippen molar-refractivity contribution in [1.29, 1.82) is 0 Å². The minimum atomic E-state index is -0.253. The minimum absolute atomic E-state index is 0.207. The van der Waals surface area contributed by atoms with Crippen molar-refractivity contribution in [3.8, 4) is 0 Å². The summed E-state index contributed by atoms with van der Waals surface area (Å²) in [5, 5.41) is 5.87. The average molecular weight is 337 g/mol. The molecule has 1 aliphatic carbocycles. The van der Waals surface area contributed by atoms with Gasteiger partial charge in [-0.25, -0.2) is 0 Å². The fourth-order valence-corrected chi connectivity index (χ4v) is 3.10. The van der Waals surface area contributed by atoms with E-state index in [1.165, 1.54) is 19.0 Å². The van der Waals surface area contributed by atoms with E-state index in [1.807, 2.05) is 30.3 Å². The summed E-state index contributed by atoms with van der Waals surface area (Å²) >= 11 is 0. The first-order valence-electron chi connectivity index (χ1n) is 8.86. The van der Waals surface area contributed by atoms with Gasteiger partial charge in [-0.3, -0.25) is 14.6 Å². The van der Waals surface area contributed by atoms with E-state index in [0.717, 1.165) is 25.7 Å². The summed E-state index contributed by atoms with van der Waals surface area (Å²) in [7, 11) is 0. The molecule has 1 fully saturated rings. The van der Waals surface area contributed by atoms with E-state index in [2.05, 4.69) is 15.6 Å². The van der Waals surface area contributed by atoms with Gasteiger partial charge in [-0.05, 0) is 37.1 Å². The molecule has 2 amide bonds. The lowest BCUT2D eigenvalue weighted by Crippen LogP contribution is -2.35. The van der Waals surface area contributed by atoms with E-state index in [0.29, 0.717) is 11.3 Å². The predicted molar refractivity (Wildman–Crippen MR) is 97.6 cm³/mol. The number of rotatable bonds is 4. The fourth-order valence-electron chi connectivity index (χ4n) is 3.10. The third-order valence-corrected chi connectivity index (χ3v) is 4.48. The number of carbonyl (C=O) groups excluding carboxylic acids is 2. The Balaban J connectivity index is 1.65. The third-order valence-electron chi connectivity index (χ3n) is 4.48. The lowest BCUT2D eigenvalue weighted by molar-refractivity contribution is 0.0928. The number of carbonyl (C=O) groups is 2. The molecule has 1 aromatic carbocycles. The molecule has 3 rings (SSSR count). The average Bonchev–Trinajstić information content (AvgIpc) is 2.91. The summed E-state index contributed by atoms with van der Waals surface area (Å²) in [5.74, 6) is -0.460. The number of hydrogen-bond acceptors (Lipinski definition) is 3. The molecule has 5 nitrogen and oxygen atoms in total. The molecule has 5 heteroatoms. The van der Waals surface area contributed by atoms with E-state index >= 15 is 0 Å². The number of amides is 2. The van der Waals surface area contributed by atoms with E-state index in [4.69, 9.17) is 0 Å². The monoisotopic (exact) mass is 337 g/mol. The largest absolute Gasteiger partial charge is 0.348 e. The van der Waals surface area contributed by atoms with Crippen LogP contribution in [0.1, 0.15) is 59.4 Å². The highest BCUT2D eigenvalue weighted by atomic mass is 16.2. The summed E-state index contributed by atoms with van der Waals surface area (Å²) in [6.45, 7) is 0. The second kappa shape index (κ2) is 8.42. The zero-order valence-corrected chi connectivity index (χ0v) is 14.2. The minimum Gasteiger partial charge on any atom is -0.348 e. The maximum absolute atomic E-state index is 12.5. The van der Waals surface area contributed by atoms with Crippen LogP contribution in [0.4, 0.5) is 5.69 Å². The number of nitrogens with one attached hydrogen (secondary N) is 2. The van der Waals surface area contributed by atoms with Crippen molar-refractivity contribution in [2.75, 3.05) is 5.32 Å². The Morgan fingerprint density at radius 3 is 2.36 bits per heavy atom. The van der Waals surface area contributed by atoms with E-state index < -0.39 is 0 Å². The summed E-state index contributed by atoms with van der Waals surface area (Å²) in [5.41, 5.74) is 1.42. The van der Waals surface area contributed by atoms with Crippen molar-refractivity contribution in [1.82, 2.24) is 10.3 Å². The Morgan fingerprint density at radius 2 is 1.64 bits per heavy atom. The molecule has 0 radical (unpaired) electrons. The summed E-state index contributed by atoms with van der Waals surface area (Å²) < 4.78 is 0. The second-order valence-corrected chi connectivity index (χ2v) is 6.41. The molecule has 1 aliphatic rings. The topological polar surface area (TPSA) is 71.1 Å². The first kappa shape index (κ1) is 17.1. The number of anilines is 1. The zero-order valence-electron chi connectivity index (χ0n) is 14.2. The number of nitrogens with zero attached hydrogens (tertiary/aromatic N) is 1. The smallest absolute Gasteiger partial charge is 0.270 e. The molecule has 1 saturated carbocycles. The van der Waals surface area contributed by atoms with Crippen LogP contribution in [0, 0.1) is 0 Å². The molecule has 0 atom stereocenters. The Bertz CT molecular complexity index is 723. The van der Waals surface area contributed by atoms with Gasteiger partial charge in [0.05, 0.1) is 0 Å². The van der Waals surface area contributed by atoms with Gasteiger partial charge in [-0.2, -0.15) is 0 Å². The van der Waals surface area contributed by atoms with Gasteiger partial charge < -0.3 is 10.6 Å². The van der Waals surface area contributed by atoms with Crippen molar-refractivity contribution < 1.29 is 9.59 Å². The van der Waals surface area contributed by atoms with Crippen molar-refractivity contribution in [3.63, 3.8) is 0 Å². The van der Waals surface area contributed by atoms with Gasteiger partial charge in [0.2, 0.25) is 0 Å². The summed E-state index contributed by atoms with van der Waals surface area (Å²) in [6.07, 6.45) is 8.30. The highest BCUT2D eigenvalue weighted by Crippen LogP contribution is 2.17. The van der Waals surface area contributed by atoms with Crippen molar-refractivity contribution in [3.05, 3.63) is 59.9 Å². The van der Waals surface area contributed by atoms with E-state index in [1.54, 1.807) is 12.1 Å². The van der Waals surface area contributed by atoms with Crippen LogP contribution in [0.3, 0.4) is 0 Å². The van der Waals surface area contributed by atoms with Crippen LogP contribution in [0.5, 0.6) is 0 Å². The highest BCUT2D eigenvalue weighted by molar-refractivity contribution is 6.05. The number of pyridine rings is 1. The molecule has 2 N–H and O–H groups in total. The van der Waals surface area contributed by atoms with Crippen LogP contribution in [0.2, 0.25) is 0 Å². The lowest BCUT2D eigenvalue weighted by Gasteiger charge is -2.16. The number of aromatic nitrogens is 1. The SMILES string of the molecule is O=C(Nc1ccccc1)c1ccnc(C(=O)NC2CCCCCC2)c1. The maximum atomic E-state index is 12.5. The normalized spacial score (nSPS) is 15.2. The molecular weight excluding hydrogens is 314 g/mol. The molecule has 1 aromatic heterocycles. The van der Waals surface area contributed by atoms with Gasteiger partial charge in [-0.15, -0.1) is 0 Å². The molecule has 25 heavy (non-hydrogen) atoms. The van der Waals surface area contributed by atoms with Gasteiger partial charge in [0, 0.05) is 23.5 Å². The molecule has 2 aromatic rings. The Morgan fingerprint density at radius 1 is 0.920 bits per heavy atom. The Hall–Kier alpha value is -2.69. The molecule has 0 aliphatic heterocycles. The fraction of sp³-hybridized carbons (Fsp3) is 0.350. The molecule has 0 spiro atoms. The molecule has 0 bridgehead atoms. The lowest BCUT2D eigenvalue weighted by atomic mass is 10.1. The molecular formula is C20H23N3O2. The van der Waals surface area contributed by atoms with Crippen molar-refractivity contribution >= 4 is 17.5 Å². The van der Waals surface area contributed by atoms with E-state index in [9.17, 15) is 9.59 Å². The summed E-state index contributed by atoms with van der Waals surface area (Å²) in [6, 6.07) is 12.6. The zero-order chi connectivity index (χ0) is 17.5. The number of benzene rings is 1. The maximum Gasteiger partial charge on any atom is 0.270 e. The molecule has 1 heterocycles. The van der Waals surface area contributed by atoms with Crippen LogP contribution in [0.15, 0.2) is 48.7 Å². The van der Waals surface area contributed by atoms with E-state index in [-0.39, 0.29) is 23.6 Å². The van der Waals surface area contributed by atoms with Gasteiger partial charge >= 0.3 is 0 Å². The Labute approximate surface area is 147 Å². The van der Waals surface area contributed by atoms with Crippen LogP contribution in [0.25, 0.3) is 0 Å². The van der Waals surface area contributed by atoms with Crippen molar-refractivity contribution in [2.45, 2.75) is 44.6 Å². The first-order chi connectivity index (χ1) is 12.2. The van der Waals surface area contributed by atoms with Gasteiger partial charge in [-0.1, -0.05) is 43.9 Å². The predicted octanol–water partition coefficient (Wildman–Crippen LogP) is 3.79. The highest BCUT2D eigenvalue weighted by Gasteiger charge is 2.17. The van der Waals surface area contributed by atoms with Crippen LogP contribution < -0.4 is 10.6 Å². The second-order valence-electron chi connectivity index (χ2n) is 6.41. The quantitative estimate of drug-likeness (QED) is 0.834. The number of para-hydroxylation sites is 1. The summed E-state index contributed by atoms with van der Waals surface area (Å²) in [4.78, 5) is 28.9. The van der Waals surface area contributed by atoms with Gasteiger partial charge in [0.1, 0.15) is 5.69 Å². The molecule has 0 unspecified atom stereocenters. The van der Waals surface area contributed by atoms with Crippen LogP contribution in [-0.2, 0) is 0 Å². The van der Waals surface area contributed by atoms with Gasteiger partial charge in [0.25, 0.3) is 11.8 Å².